The van der Waals surface area contributed by atoms with Gasteiger partial charge in [0.15, 0.2) is 12.6 Å². The number of esters is 1. The van der Waals surface area contributed by atoms with Crippen molar-refractivity contribution < 1.29 is 33.3 Å². The third-order valence-corrected chi connectivity index (χ3v) is 5.87. The van der Waals surface area contributed by atoms with E-state index in [4.69, 9.17) is 23.7 Å². The Morgan fingerprint density at radius 2 is 1.94 bits per heavy atom. The second kappa shape index (κ2) is 9.32. The molecule has 3 aromatic carbocycles. The molecule has 5 rings (SSSR count). The highest BCUT2D eigenvalue weighted by molar-refractivity contribution is 9.10. The van der Waals surface area contributed by atoms with Crippen molar-refractivity contribution >= 4 is 33.8 Å². The summed E-state index contributed by atoms with van der Waals surface area (Å²) in [6.45, 7) is 0.887. The first-order chi connectivity index (χ1) is 16.5. The number of carbonyl (C=O) groups excluding carboxylic acids is 2. The van der Waals surface area contributed by atoms with Gasteiger partial charge in [-0.05, 0) is 48.0 Å². The molecule has 2 aliphatic heterocycles. The van der Waals surface area contributed by atoms with Gasteiger partial charge in [-0.1, -0.05) is 28.1 Å². The van der Waals surface area contributed by atoms with Gasteiger partial charge >= 0.3 is 5.97 Å². The fourth-order valence-electron chi connectivity index (χ4n) is 3.74. The first-order valence-corrected chi connectivity index (χ1v) is 11.2. The molecule has 2 aliphatic rings. The number of carbonyl (C=O) groups is 2. The van der Waals surface area contributed by atoms with Crippen molar-refractivity contribution in [2.75, 3.05) is 13.9 Å². The second-order valence-electron chi connectivity index (χ2n) is 7.67. The van der Waals surface area contributed by atoms with Gasteiger partial charge in [-0.3, -0.25) is 4.79 Å². The highest BCUT2D eigenvalue weighted by atomic mass is 79.9. The van der Waals surface area contributed by atoms with Crippen molar-refractivity contribution in [1.82, 2.24) is 0 Å². The van der Waals surface area contributed by atoms with Crippen molar-refractivity contribution in [2.45, 2.75) is 13.2 Å². The van der Waals surface area contributed by atoms with Gasteiger partial charge in [-0.15, -0.1) is 0 Å². The summed E-state index contributed by atoms with van der Waals surface area (Å²) in [5.74, 6) is 1.28. The summed E-state index contributed by atoms with van der Waals surface area (Å²) in [4.78, 5) is 24.5. The lowest BCUT2D eigenvalue weighted by Gasteiger charge is -2.20. The van der Waals surface area contributed by atoms with E-state index in [1.807, 2.05) is 12.1 Å². The maximum atomic E-state index is 12.9. The Morgan fingerprint density at radius 3 is 2.74 bits per heavy atom. The highest BCUT2D eigenvalue weighted by Gasteiger charge is 2.28. The van der Waals surface area contributed by atoms with Crippen LogP contribution >= 0.6 is 15.9 Å². The predicted octanol–water partition coefficient (Wildman–Crippen LogP) is 5.30. The maximum Gasteiger partial charge on any atom is 0.337 e. The van der Waals surface area contributed by atoms with E-state index >= 15 is 0 Å². The number of methoxy groups -OCH3 is 1. The van der Waals surface area contributed by atoms with Crippen molar-refractivity contribution in [2.24, 2.45) is 0 Å². The van der Waals surface area contributed by atoms with E-state index < -0.39 is 0 Å². The van der Waals surface area contributed by atoms with Crippen LogP contribution < -0.4 is 14.2 Å². The van der Waals surface area contributed by atoms with Crippen molar-refractivity contribution in [3.8, 4) is 17.2 Å². The molecule has 2 heterocycles. The number of ketones is 1. The second-order valence-corrected chi connectivity index (χ2v) is 8.58. The Hall–Kier alpha value is -3.62. The molecule has 7 nitrogen and oxygen atoms in total. The first kappa shape index (κ1) is 22.2. The van der Waals surface area contributed by atoms with E-state index in [0.29, 0.717) is 41.6 Å². The molecule has 34 heavy (non-hydrogen) atoms. The van der Waals surface area contributed by atoms with Gasteiger partial charge in [0.05, 0.1) is 24.8 Å². The average molecular weight is 523 g/mol. The van der Waals surface area contributed by atoms with Crippen LogP contribution in [0.3, 0.4) is 0 Å². The molecule has 8 heteroatoms. The van der Waals surface area contributed by atoms with Crippen LogP contribution in [0, 0.1) is 0 Å². The van der Waals surface area contributed by atoms with Gasteiger partial charge in [-0.25, -0.2) is 4.79 Å². The molecule has 3 aromatic rings. The molecule has 0 bridgehead atoms. The maximum absolute atomic E-state index is 12.9. The zero-order valence-electron chi connectivity index (χ0n) is 18.1. The number of Topliss-reactive ketones (excluding diaryl/α,β-unsaturated/α-hetero) is 1. The zero-order valence-corrected chi connectivity index (χ0v) is 19.7. The monoisotopic (exact) mass is 522 g/mol. The van der Waals surface area contributed by atoms with E-state index in [9.17, 15) is 9.59 Å². The molecule has 172 valence electrons. The zero-order chi connectivity index (χ0) is 23.7. The normalized spacial score (nSPS) is 15.2. The number of hydrogen-bond donors (Lipinski definition) is 0. The Morgan fingerprint density at radius 1 is 1.12 bits per heavy atom. The van der Waals surface area contributed by atoms with E-state index in [2.05, 4.69) is 15.9 Å². The molecule has 0 atom stereocenters. The Balaban J connectivity index is 1.32. The van der Waals surface area contributed by atoms with Gasteiger partial charge in [-0.2, -0.15) is 0 Å². The largest absolute Gasteiger partial charge is 0.489 e. The average Bonchev–Trinajstić information content (AvgIpc) is 3.16. The molecule has 0 amide bonds. The Kier molecular flexibility index (Phi) is 6.08. The molecular formula is C26H19BrO7. The standard InChI is InChI=1S/C26H19BrO7/c1-30-26(29)16-4-2-15(3-5-16)12-32-20-6-7-21-22(11-20)34-23(24(21)28)10-17-8-19(27)9-18-13-31-14-33-25(17)18/h2-11H,12-14H2,1H3/b23-10-. The Labute approximate surface area is 204 Å². The SMILES string of the molecule is COC(=O)c1ccc(COc2ccc3c(c2)O/C(=C\c2cc(Br)cc4c2OCOC4)C3=O)cc1. The molecule has 0 aliphatic carbocycles. The first-order valence-electron chi connectivity index (χ1n) is 10.4. The topological polar surface area (TPSA) is 80.3 Å². The number of allylic oxidation sites excluding steroid dienone is 1. The summed E-state index contributed by atoms with van der Waals surface area (Å²) in [5.41, 5.74) is 3.45. The molecule has 0 saturated heterocycles. The number of fused-ring (bicyclic) bond motifs is 2. The molecule has 0 fully saturated rings. The molecule has 0 unspecified atom stereocenters. The van der Waals surface area contributed by atoms with Crippen LogP contribution in [-0.2, 0) is 22.7 Å². The van der Waals surface area contributed by atoms with E-state index in [0.717, 1.165) is 21.2 Å². The van der Waals surface area contributed by atoms with Gasteiger partial charge in [0.25, 0.3) is 0 Å². The van der Waals surface area contributed by atoms with Gasteiger partial charge in [0.2, 0.25) is 5.78 Å². The smallest absolute Gasteiger partial charge is 0.337 e. The molecular weight excluding hydrogens is 504 g/mol. The lowest BCUT2D eigenvalue weighted by atomic mass is 10.1. The minimum Gasteiger partial charge on any atom is -0.489 e. The third kappa shape index (κ3) is 4.42. The quantitative estimate of drug-likeness (QED) is 0.332. The Bertz CT molecular complexity index is 1310. The van der Waals surface area contributed by atoms with Crippen LogP contribution in [0.1, 0.15) is 37.4 Å². The van der Waals surface area contributed by atoms with Crippen LogP contribution in [0.2, 0.25) is 0 Å². The summed E-state index contributed by atoms with van der Waals surface area (Å²) in [7, 11) is 1.34. The molecule has 0 N–H and O–H groups in total. The van der Waals surface area contributed by atoms with E-state index in [1.54, 1.807) is 48.5 Å². The summed E-state index contributed by atoms with van der Waals surface area (Å²) < 4.78 is 28.3. The minimum absolute atomic E-state index is 0.159. The van der Waals surface area contributed by atoms with Crippen molar-refractivity contribution in [1.29, 1.82) is 0 Å². The lowest BCUT2D eigenvalue weighted by Crippen LogP contribution is -2.12. The van der Waals surface area contributed by atoms with Crippen molar-refractivity contribution in [3.63, 3.8) is 0 Å². The van der Waals surface area contributed by atoms with Crippen LogP contribution in [0.5, 0.6) is 17.2 Å². The summed E-state index contributed by atoms with van der Waals surface area (Å²) >= 11 is 3.49. The van der Waals surface area contributed by atoms with Gasteiger partial charge in [0.1, 0.15) is 23.9 Å². The van der Waals surface area contributed by atoms with Crippen LogP contribution in [0.15, 0.2) is 64.8 Å². The highest BCUT2D eigenvalue weighted by Crippen LogP contribution is 2.38. The van der Waals surface area contributed by atoms with E-state index in [1.165, 1.54) is 7.11 Å². The number of hydrogen-bond acceptors (Lipinski definition) is 7. The number of rotatable bonds is 5. The molecule has 0 aromatic heterocycles. The van der Waals surface area contributed by atoms with Gasteiger partial charge in [0, 0.05) is 21.7 Å². The van der Waals surface area contributed by atoms with E-state index in [-0.39, 0.29) is 24.3 Å². The fraction of sp³-hybridized carbons (Fsp3) is 0.154. The lowest BCUT2D eigenvalue weighted by molar-refractivity contribution is -0.0165. The van der Waals surface area contributed by atoms with Crippen molar-refractivity contribution in [3.05, 3.63) is 92.6 Å². The molecule has 0 radical (unpaired) electrons. The summed E-state index contributed by atoms with van der Waals surface area (Å²) in [6, 6.07) is 15.9. The fourth-order valence-corrected chi connectivity index (χ4v) is 4.26. The van der Waals surface area contributed by atoms with Gasteiger partial charge < -0.3 is 23.7 Å². The van der Waals surface area contributed by atoms with Crippen LogP contribution in [-0.4, -0.2) is 25.7 Å². The molecule has 0 saturated carbocycles. The number of ether oxygens (including phenoxy) is 5. The third-order valence-electron chi connectivity index (χ3n) is 5.41. The summed E-state index contributed by atoms with van der Waals surface area (Å²) in [5, 5.41) is 0. The predicted molar refractivity (Wildman–Crippen MR) is 126 cm³/mol. The van der Waals surface area contributed by atoms with Crippen LogP contribution in [0.4, 0.5) is 0 Å². The minimum atomic E-state index is -0.389. The number of halogens is 1. The molecule has 0 spiro atoms. The summed E-state index contributed by atoms with van der Waals surface area (Å²) in [6.07, 6.45) is 1.68. The van der Waals surface area contributed by atoms with Crippen LogP contribution in [0.25, 0.3) is 6.08 Å². The number of benzene rings is 3.